The summed E-state index contributed by atoms with van der Waals surface area (Å²) in [5, 5.41) is 15.5. The molecule has 0 aliphatic rings. The standard InChI is InChI=1S/C28H30N6O4S/c1-36-12-11-34-27(30-31-32-34)26(33(18-21-10-7-13-39-21)17-19-8-5-4-6-9-19)22-14-20-15-24(37-2)25(38-3)16-23(20)29-28(22)35/h4-10,13-16,26H,11-12,17-18H2,1-3H3,(H,29,35). The molecule has 0 fully saturated rings. The number of ether oxygens (including phenoxy) is 3. The van der Waals surface area contributed by atoms with Crippen LogP contribution in [-0.4, -0.2) is 58.0 Å². The molecule has 0 saturated carbocycles. The Morgan fingerprint density at radius 2 is 1.79 bits per heavy atom. The zero-order chi connectivity index (χ0) is 27.2. The molecule has 1 N–H and O–H groups in total. The van der Waals surface area contributed by atoms with Gasteiger partial charge >= 0.3 is 0 Å². The molecule has 1 atom stereocenters. The molecule has 0 saturated heterocycles. The summed E-state index contributed by atoms with van der Waals surface area (Å²) in [6.45, 7) is 2.05. The largest absolute Gasteiger partial charge is 0.493 e. The molecule has 5 rings (SSSR count). The number of H-pyrrole nitrogens is 1. The lowest BCUT2D eigenvalue weighted by Crippen LogP contribution is -2.35. The summed E-state index contributed by atoms with van der Waals surface area (Å²) in [5.74, 6) is 1.67. The molecule has 3 aromatic heterocycles. The number of nitrogens with one attached hydrogen (secondary N) is 1. The molecule has 0 spiro atoms. The molecular weight excluding hydrogens is 516 g/mol. The molecule has 0 bridgehead atoms. The van der Waals surface area contributed by atoms with Crippen LogP contribution >= 0.6 is 11.3 Å². The molecule has 3 heterocycles. The fourth-order valence-electron chi connectivity index (χ4n) is 4.66. The van der Waals surface area contributed by atoms with Gasteiger partial charge in [-0.2, -0.15) is 0 Å². The topological polar surface area (TPSA) is 107 Å². The SMILES string of the molecule is COCCn1nnnc1C(c1cc2cc(OC)c(OC)cc2[nH]c1=O)N(Cc1ccccc1)Cc1cccs1. The van der Waals surface area contributed by atoms with E-state index in [2.05, 4.69) is 49.0 Å². The lowest BCUT2D eigenvalue weighted by Gasteiger charge is -2.31. The highest BCUT2D eigenvalue weighted by molar-refractivity contribution is 7.09. The van der Waals surface area contributed by atoms with Crippen LogP contribution in [0.5, 0.6) is 11.5 Å². The summed E-state index contributed by atoms with van der Waals surface area (Å²) in [4.78, 5) is 20.2. The third-order valence-electron chi connectivity index (χ3n) is 6.52. The van der Waals surface area contributed by atoms with Crippen molar-refractivity contribution in [3.8, 4) is 11.5 Å². The van der Waals surface area contributed by atoms with Gasteiger partial charge in [-0.3, -0.25) is 9.69 Å². The summed E-state index contributed by atoms with van der Waals surface area (Å²) in [7, 11) is 4.79. The van der Waals surface area contributed by atoms with Crippen LogP contribution in [0, 0.1) is 0 Å². The van der Waals surface area contributed by atoms with Crippen LogP contribution in [-0.2, 0) is 24.4 Å². The molecule has 11 heteroatoms. The number of tetrazole rings is 1. The van der Waals surface area contributed by atoms with Crippen LogP contribution in [0.25, 0.3) is 10.9 Å². The molecule has 0 aliphatic carbocycles. The van der Waals surface area contributed by atoms with Gasteiger partial charge in [0, 0.05) is 42.1 Å². The molecule has 5 aromatic rings. The Morgan fingerprint density at radius 1 is 1.00 bits per heavy atom. The molecule has 202 valence electrons. The quantitative estimate of drug-likeness (QED) is 0.250. The second-order valence-corrected chi connectivity index (χ2v) is 10.0. The van der Waals surface area contributed by atoms with Gasteiger partial charge in [-0.25, -0.2) is 4.68 Å². The number of benzene rings is 2. The lowest BCUT2D eigenvalue weighted by molar-refractivity contribution is 0.169. The van der Waals surface area contributed by atoms with Crippen molar-refractivity contribution in [1.29, 1.82) is 0 Å². The Balaban J connectivity index is 1.70. The molecule has 10 nitrogen and oxygen atoms in total. The van der Waals surface area contributed by atoms with E-state index >= 15 is 0 Å². The molecular formula is C28H30N6O4S. The number of aromatic nitrogens is 5. The van der Waals surface area contributed by atoms with Crippen LogP contribution in [0.4, 0.5) is 0 Å². The van der Waals surface area contributed by atoms with Gasteiger partial charge in [0.05, 0.1) is 32.9 Å². The van der Waals surface area contributed by atoms with Crippen LogP contribution in [0.1, 0.15) is 27.9 Å². The van der Waals surface area contributed by atoms with Gasteiger partial charge in [-0.05, 0) is 39.6 Å². The van der Waals surface area contributed by atoms with Crippen molar-refractivity contribution >= 4 is 22.2 Å². The second kappa shape index (κ2) is 12.2. The van der Waals surface area contributed by atoms with E-state index in [0.29, 0.717) is 54.6 Å². The number of rotatable bonds is 12. The smallest absolute Gasteiger partial charge is 0.253 e. The predicted octanol–water partition coefficient (Wildman–Crippen LogP) is 4.03. The van der Waals surface area contributed by atoms with Crippen LogP contribution in [0.3, 0.4) is 0 Å². The minimum absolute atomic E-state index is 0.231. The Kier molecular flexibility index (Phi) is 8.30. The normalized spacial score (nSPS) is 12.2. The van der Waals surface area contributed by atoms with E-state index < -0.39 is 6.04 Å². The van der Waals surface area contributed by atoms with E-state index in [1.54, 1.807) is 43.4 Å². The molecule has 2 aromatic carbocycles. The number of thiophene rings is 1. The molecule has 1 unspecified atom stereocenters. The van der Waals surface area contributed by atoms with Gasteiger partial charge in [-0.1, -0.05) is 36.4 Å². The Morgan fingerprint density at radius 3 is 2.51 bits per heavy atom. The first-order valence-corrected chi connectivity index (χ1v) is 13.3. The number of pyridine rings is 1. The van der Waals surface area contributed by atoms with Gasteiger partial charge in [0.25, 0.3) is 5.56 Å². The van der Waals surface area contributed by atoms with E-state index in [-0.39, 0.29) is 5.56 Å². The summed E-state index contributed by atoms with van der Waals surface area (Å²) in [6.07, 6.45) is 0. The Hall–Kier alpha value is -4.06. The summed E-state index contributed by atoms with van der Waals surface area (Å²) in [6, 6.07) is 19.3. The average Bonchev–Trinajstić information content (AvgIpc) is 3.64. The number of nitrogens with zero attached hydrogens (tertiary/aromatic N) is 5. The van der Waals surface area contributed by atoms with Crippen LogP contribution < -0.4 is 15.0 Å². The Labute approximate surface area is 229 Å². The fourth-order valence-corrected chi connectivity index (χ4v) is 5.39. The predicted molar refractivity (Wildman–Crippen MR) is 149 cm³/mol. The van der Waals surface area contributed by atoms with Crippen molar-refractivity contribution in [2.24, 2.45) is 0 Å². The van der Waals surface area contributed by atoms with Crippen molar-refractivity contribution in [2.45, 2.75) is 25.7 Å². The maximum absolute atomic E-state index is 13.8. The highest BCUT2D eigenvalue weighted by Crippen LogP contribution is 2.34. The van der Waals surface area contributed by atoms with Crippen molar-refractivity contribution in [2.75, 3.05) is 27.9 Å². The van der Waals surface area contributed by atoms with E-state index in [4.69, 9.17) is 14.2 Å². The highest BCUT2D eigenvalue weighted by Gasteiger charge is 2.31. The van der Waals surface area contributed by atoms with Gasteiger partial charge in [0.1, 0.15) is 6.04 Å². The summed E-state index contributed by atoms with van der Waals surface area (Å²) in [5.41, 5.74) is 2.05. The van der Waals surface area contributed by atoms with Gasteiger partial charge < -0.3 is 19.2 Å². The molecule has 0 radical (unpaired) electrons. The second-order valence-electron chi connectivity index (χ2n) is 8.97. The molecule has 0 amide bonds. The average molecular weight is 547 g/mol. The zero-order valence-electron chi connectivity index (χ0n) is 22.0. The third kappa shape index (κ3) is 5.85. The number of hydrogen-bond donors (Lipinski definition) is 1. The maximum atomic E-state index is 13.8. The van der Waals surface area contributed by atoms with Gasteiger partial charge in [-0.15, -0.1) is 16.4 Å². The monoisotopic (exact) mass is 546 g/mol. The summed E-state index contributed by atoms with van der Waals surface area (Å²) >= 11 is 1.67. The zero-order valence-corrected chi connectivity index (χ0v) is 22.9. The highest BCUT2D eigenvalue weighted by atomic mass is 32.1. The number of aromatic amines is 1. The van der Waals surface area contributed by atoms with Gasteiger partial charge in [0.2, 0.25) is 0 Å². The van der Waals surface area contributed by atoms with Crippen molar-refractivity contribution in [3.05, 3.63) is 98.2 Å². The maximum Gasteiger partial charge on any atom is 0.253 e. The van der Waals surface area contributed by atoms with Gasteiger partial charge in [0.15, 0.2) is 17.3 Å². The first-order chi connectivity index (χ1) is 19.1. The Bertz CT molecular complexity index is 1570. The molecule has 39 heavy (non-hydrogen) atoms. The number of fused-ring (bicyclic) bond motifs is 1. The third-order valence-corrected chi connectivity index (χ3v) is 7.38. The van der Waals surface area contributed by atoms with E-state index in [1.165, 1.54) is 0 Å². The molecule has 0 aliphatic heterocycles. The van der Waals surface area contributed by atoms with Crippen molar-refractivity contribution in [3.63, 3.8) is 0 Å². The van der Waals surface area contributed by atoms with Crippen molar-refractivity contribution < 1.29 is 14.2 Å². The number of methoxy groups -OCH3 is 3. The first-order valence-electron chi connectivity index (χ1n) is 12.5. The first kappa shape index (κ1) is 26.5. The minimum Gasteiger partial charge on any atom is -0.493 e. The lowest BCUT2D eigenvalue weighted by atomic mass is 10.0. The van der Waals surface area contributed by atoms with Crippen molar-refractivity contribution in [1.82, 2.24) is 30.1 Å². The van der Waals surface area contributed by atoms with Crippen LogP contribution in [0.15, 0.2) is 70.8 Å². The summed E-state index contributed by atoms with van der Waals surface area (Å²) < 4.78 is 18.0. The minimum atomic E-state index is -0.555. The van der Waals surface area contributed by atoms with E-state index in [1.807, 2.05) is 36.4 Å². The van der Waals surface area contributed by atoms with E-state index in [9.17, 15) is 4.79 Å². The number of hydrogen-bond acceptors (Lipinski definition) is 9. The fraction of sp³-hybridized carbons (Fsp3) is 0.286. The van der Waals surface area contributed by atoms with Crippen LogP contribution in [0.2, 0.25) is 0 Å². The van der Waals surface area contributed by atoms with E-state index in [0.717, 1.165) is 15.8 Å².